The van der Waals surface area contributed by atoms with Crippen LogP contribution in [0.2, 0.25) is 0 Å². The molecule has 0 saturated heterocycles. The number of anilines is 1. The van der Waals surface area contributed by atoms with Gasteiger partial charge in [-0.25, -0.2) is 4.79 Å². The minimum atomic E-state index is -0.448. The molecule has 0 aliphatic heterocycles. The van der Waals surface area contributed by atoms with E-state index in [1.165, 1.54) is 18.4 Å². The molecule has 1 heterocycles. The molecule has 0 spiro atoms. The number of carbonyl (C=O) groups is 3. The van der Waals surface area contributed by atoms with Crippen LogP contribution in [0.15, 0.2) is 0 Å². The van der Waals surface area contributed by atoms with Crippen molar-refractivity contribution in [2.45, 2.75) is 46.0 Å². The van der Waals surface area contributed by atoms with E-state index in [0.29, 0.717) is 22.9 Å². The Bertz CT molecular complexity index is 637. The van der Waals surface area contributed by atoms with E-state index in [9.17, 15) is 14.4 Å². The Hall–Kier alpha value is -1.89. The van der Waals surface area contributed by atoms with Gasteiger partial charge in [0.15, 0.2) is 6.61 Å². The second kappa shape index (κ2) is 8.28. The Morgan fingerprint density at radius 2 is 2.08 bits per heavy atom. The molecule has 0 aromatic carbocycles. The summed E-state index contributed by atoms with van der Waals surface area (Å²) in [6, 6.07) is 0. The largest absolute Gasteiger partial charge is 0.465 e. The summed E-state index contributed by atoms with van der Waals surface area (Å²) in [6.45, 7) is 3.69. The first kappa shape index (κ1) is 18.4. The van der Waals surface area contributed by atoms with Gasteiger partial charge in [-0.2, -0.15) is 0 Å². The molecule has 7 heteroatoms. The van der Waals surface area contributed by atoms with Crippen molar-refractivity contribution in [2.24, 2.45) is 5.92 Å². The zero-order chi connectivity index (χ0) is 17.7. The van der Waals surface area contributed by atoms with Gasteiger partial charge < -0.3 is 14.8 Å². The summed E-state index contributed by atoms with van der Waals surface area (Å²) in [5.74, 6) is -0.739. The zero-order valence-electron chi connectivity index (χ0n) is 14.3. The number of fused-ring (bicyclic) bond motifs is 1. The van der Waals surface area contributed by atoms with E-state index in [0.717, 1.165) is 29.7 Å². The third-order valence-corrected chi connectivity index (χ3v) is 5.14. The van der Waals surface area contributed by atoms with Crippen LogP contribution in [0.5, 0.6) is 0 Å². The molecule has 2 rings (SSSR count). The van der Waals surface area contributed by atoms with Crippen LogP contribution in [-0.4, -0.2) is 31.6 Å². The number of esters is 2. The molecule has 1 aromatic rings. The number of thiophene rings is 1. The predicted molar refractivity (Wildman–Crippen MR) is 91.3 cm³/mol. The van der Waals surface area contributed by atoms with E-state index >= 15 is 0 Å². The maximum absolute atomic E-state index is 12.1. The third-order valence-electron chi connectivity index (χ3n) is 3.97. The van der Waals surface area contributed by atoms with Gasteiger partial charge in [0.05, 0.1) is 12.7 Å². The van der Waals surface area contributed by atoms with E-state index in [-0.39, 0.29) is 13.0 Å². The normalized spacial score (nSPS) is 16.2. The fourth-order valence-corrected chi connectivity index (χ4v) is 4.16. The number of ether oxygens (including phenoxy) is 2. The van der Waals surface area contributed by atoms with Crippen LogP contribution in [0.25, 0.3) is 0 Å². The van der Waals surface area contributed by atoms with Crippen molar-refractivity contribution in [3.63, 3.8) is 0 Å². The number of nitrogens with one attached hydrogen (secondary N) is 1. The van der Waals surface area contributed by atoms with E-state index in [2.05, 4.69) is 12.2 Å². The number of amides is 1. The summed E-state index contributed by atoms with van der Waals surface area (Å²) >= 11 is 1.41. The number of rotatable bonds is 6. The molecule has 24 heavy (non-hydrogen) atoms. The molecule has 0 fully saturated rings. The van der Waals surface area contributed by atoms with Gasteiger partial charge in [0.2, 0.25) is 0 Å². The standard InChI is InChI=1S/C17H23NO5S/c1-4-5-14(20)23-9-13(19)18-16-15(17(21)22-3)11-7-6-10(2)8-12(11)24-16/h10H,4-9H2,1-3H3,(H,18,19)/t10-/m1/s1. The topological polar surface area (TPSA) is 81.7 Å². The molecular formula is C17H23NO5S. The van der Waals surface area contributed by atoms with Crippen molar-refractivity contribution < 1.29 is 23.9 Å². The molecule has 1 aliphatic carbocycles. The Morgan fingerprint density at radius 3 is 2.75 bits per heavy atom. The van der Waals surface area contributed by atoms with Crippen molar-refractivity contribution in [3.05, 3.63) is 16.0 Å². The highest BCUT2D eigenvalue weighted by molar-refractivity contribution is 7.17. The van der Waals surface area contributed by atoms with Gasteiger partial charge >= 0.3 is 11.9 Å². The molecular weight excluding hydrogens is 330 g/mol. The highest BCUT2D eigenvalue weighted by Crippen LogP contribution is 2.39. The first-order chi connectivity index (χ1) is 11.5. The molecule has 0 radical (unpaired) electrons. The van der Waals surface area contributed by atoms with Gasteiger partial charge in [-0.15, -0.1) is 11.3 Å². The first-order valence-electron chi connectivity index (χ1n) is 8.14. The fraction of sp³-hybridized carbons (Fsp3) is 0.588. The smallest absolute Gasteiger partial charge is 0.341 e. The molecule has 1 N–H and O–H groups in total. The van der Waals surface area contributed by atoms with Crippen molar-refractivity contribution in [1.82, 2.24) is 0 Å². The van der Waals surface area contributed by atoms with Crippen LogP contribution < -0.4 is 5.32 Å². The highest BCUT2D eigenvalue weighted by Gasteiger charge is 2.28. The lowest BCUT2D eigenvalue weighted by molar-refractivity contribution is -0.147. The Balaban J connectivity index is 2.13. The van der Waals surface area contributed by atoms with Gasteiger partial charge in [0.25, 0.3) is 5.91 Å². The molecule has 6 nitrogen and oxygen atoms in total. The Morgan fingerprint density at radius 1 is 1.33 bits per heavy atom. The number of carbonyl (C=O) groups excluding carboxylic acids is 3. The summed E-state index contributed by atoms with van der Waals surface area (Å²) in [7, 11) is 1.33. The summed E-state index contributed by atoms with van der Waals surface area (Å²) in [4.78, 5) is 36.6. The van der Waals surface area contributed by atoms with Gasteiger partial charge in [0, 0.05) is 11.3 Å². The van der Waals surface area contributed by atoms with E-state index in [1.54, 1.807) is 0 Å². The van der Waals surface area contributed by atoms with Crippen LogP contribution in [0.1, 0.15) is 53.9 Å². The van der Waals surface area contributed by atoms with Crippen molar-refractivity contribution >= 4 is 34.2 Å². The van der Waals surface area contributed by atoms with Crippen molar-refractivity contribution in [2.75, 3.05) is 19.0 Å². The zero-order valence-corrected chi connectivity index (χ0v) is 15.1. The van der Waals surface area contributed by atoms with Crippen molar-refractivity contribution in [1.29, 1.82) is 0 Å². The third kappa shape index (κ3) is 4.35. The minimum Gasteiger partial charge on any atom is -0.465 e. The summed E-state index contributed by atoms with van der Waals surface area (Å²) in [5.41, 5.74) is 1.42. The summed E-state index contributed by atoms with van der Waals surface area (Å²) < 4.78 is 9.77. The SMILES string of the molecule is CCCC(=O)OCC(=O)Nc1sc2c(c1C(=O)OC)CC[C@@H](C)C2. The second-order valence-electron chi connectivity index (χ2n) is 6.01. The monoisotopic (exact) mass is 353 g/mol. The average Bonchev–Trinajstić information content (AvgIpc) is 2.89. The lowest BCUT2D eigenvalue weighted by atomic mass is 9.88. The molecule has 1 amide bonds. The summed E-state index contributed by atoms with van der Waals surface area (Å²) in [6.07, 6.45) is 3.66. The van der Waals surface area contributed by atoms with Crippen LogP contribution in [-0.2, 0) is 31.9 Å². The molecule has 0 unspecified atom stereocenters. The lowest BCUT2D eigenvalue weighted by Crippen LogP contribution is -2.21. The maximum atomic E-state index is 12.1. The quantitative estimate of drug-likeness (QED) is 0.795. The second-order valence-corrected chi connectivity index (χ2v) is 7.11. The average molecular weight is 353 g/mol. The van der Waals surface area contributed by atoms with Crippen LogP contribution in [0.3, 0.4) is 0 Å². The number of hydrogen-bond acceptors (Lipinski definition) is 6. The number of hydrogen-bond donors (Lipinski definition) is 1. The Kier molecular flexibility index (Phi) is 6.36. The van der Waals surface area contributed by atoms with E-state index in [1.807, 2.05) is 6.92 Å². The van der Waals surface area contributed by atoms with E-state index < -0.39 is 17.8 Å². The molecule has 1 aromatic heterocycles. The Labute approximate surface area is 145 Å². The van der Waals surface area contributed by atoms with Crippen molar-refractivity contribution in [3.8, 4) is 0 Å². The van der Waals surface area contributed by atoms with Crippen LogP contribution in [0, 0.1) is 5.92 Å². The van der Waals surface area contributed by atoms with Gasteiger partial charge in [-0.3, -0.25) is 9.59 Å². The minimum absolute atomic E-state index is 0.284. The van der Waals surface area contributed by atoms with Gasteiger partial charge in [-0.05, 0) is 37.2 Å². The predicted octanol–water partition coefficient (Wildman–Crippen LogP) is 2.94. The van der Waals surface area contributed by atoms with Gasteiger partial charge in [0.1, 0.15) is 5.00 Å². The summed E-state index contributed by atoms with van der Waals surface area (Å²) in [5, 5.41) is 3.18. The fourth-order valence-electron chi connectivity index (χ4n) is 2.74. The van der Waals surface area contributed by atoms with E-state index in [4.69, 9.17) is 9.47 Å². The molecule has 1 atom stereocenters. The molecule has 1 aliphatic rings. The molecule has 0 saturated carbocycles. The van der Waals surface area contributed by atoms with Gasteiger partial charge in [-0.1, -0.05) is 13.8 Å². The van der Waals surface area contributed by atoms with Crippen LogP contribution >= 0.6 is 11.3 Å². The highest BCUT2D eigenvalue weighted by atomic mass is 32.1. The molecule has 132 valence electrons. The maximum Gasteiger partial charge on any atom is 0.341 e. The van der Waals surface area contributed by atoms with Crippen LogP contribution in [0.4, 0.5) is 5.00 Å². The first-order valence-corrected chi connectivity index (χ1v) is 8.96. The number of methoxy groups -OCH3 is 1. The molecule has 0 bridgehead atoms. The lowest BCUT2D eigenvalue weighted by Gasteiger charge is -2.18.